The zero-order valence-electron chi connectivity index (χ0n) is 21.5. The molecule has 0 saturated carbocycles. The molecule has 0 unspecified atom stereocenters. The van der Waals surface area contributed by atoms with Crippen molar-refractivity contribution in [1.29, 1.82) is 0 Å². The van der Waals surface area contributed by atoms with Gasteiger partial charge in [-0.1, -0.05) is 0 Å². The van der Waals surface area contributed by atoms with Crippen molar-refractivity contribution in [3.8, 4) is 11.5 Å². The summed E-state index contributed by atoms with van der Waals surface area (Å²) < 4.78 is 15.8. The van der Waals surface area contributed by atoms with Crippen LogP contribution in [0.2, 0.25) is 0 Å². The summed E-state index contributed by atoms with van der Waals surface area (Å²) in [6.07, 6.45) is 6.69. The van der Waals surface area contributed by atoms with Gasteiger partial charge in [0.25, 0.3) is 0 Å². The van der Waals surface area contributed by atoms with Gasteiger partial charge in [-0.05, 0) is 88.6 Å². The lowest BCUT2D eigenvalue weighted by atomic mass is 10.1. The number of hydrogen-bond donors (Lipinski definition) is 0. The van der Waals surface area contributed by atoms with Crippen LogP contribution in [-0.2, 0) is 25.9 Å². The molecule has 2 heterocycles. The van der Waals surface area contributed by atoms with E-state index in [4.69, 9.17) is 9.47 Å². The minimum atomic E-state index is 0.909. The first-order valence-corrected chi connectivity index (χ1v) is 12.0. The Balaban J connectivity index is 1.65. The van der Waals surface area contributed by atoms with Crippen molar-refractivity contribution >= 4 is 21.8 Å². The maximum absolute atomic E-state index is 5.51. The predicted octanol–water partition coefficient (Wildman–Crippen LogP) is 4.52. The molecule has 0 N–H and O–H groups in total. The lowest BCUT2D eigenvalue weighted by Crippen LogP contribution is -2.15. The topological polar surface area (TPSA) is 34.8 Å². The van der Waals surface area contributed by atoms with E-state index in [0.29, 0.717) is 0 Å². The van der Waals surface area contributed by atoms with Crippen LogP contribution in [0, 0.1) is 0 Å². The van der Waals surface area contributed by atoms with E-state index in [-0.39, 0.29) is 0 Å². The summed E-state index contributed by atoms with van der Waals surface area (Å²) in [5, 5.41) is 2.57. The number of likely N-dealkylation sites (N-methyl/N-ethyl adjacent to an activating group) is 2. The number of aryl methyl sites for hydroxylation is 2. The van der Waals surface area contributed by atoms with Gasteiger partial charge in [0.1, 0.15) is 11.5 Å². The fourth-order valence-electron chi connectivity index (χ4n) is 4.63. The molecule has 0 aliphatic heterocycles. The number of methoxy groups -OCH3 is 2. The summed E-state index contributed by atoms with van der Waals surface area (Å²) in [7, 11) is 12.0. The van der Waals surface area contributed by atoms with Crippen molar-refractivity contribution in [2.45, 2.75) is 25.9 Å². The van der Waals surface area contributed by atoms with Gasteiger partial charge in [0.15, 0.2) is 0 Å². The molecule has 0 spiro atoms. The maximum atomic E-state index is 5.51. The second kappa shape index (κ2) is 10.5. The van der Waals surface area contributed by atoms with Gasteiger partial charge in [-0.3, -0.25) is 0 Å². The number of rotatable bonds is 11. The molecule has 0 radical (unpaired) electrons. The summed E-state index contributed by atoms with van der Waals surface area (Å²) >= 11 is 0. The number of hydrogen-bond acceptors (Lipinski definition) is 4. The van der Waals surface area contributed by atoms with Crippen LogP contribution in [-0.4, -0.2) is 74.4 Å². The summed E-state index contributed by atoms with van der Waals surface area (Å²) in [5.74, 6) is 1.82. The van der Waals surface area contributed by atoms with Crippen molar-refractivity contribution in [3.63, 3.8) is 0 Å². The van der Waals surface area contributed by atoms with Crippen LogP contribution in [0.5, 0.6) is 11.5 Å². The molecule has 0 aliphatic rings. The summed E-state index contributed by atoms with van der Waals surface area (Å²) in [6.45, 7) is 3.87. The molecule has 6 heteroatoms. The average Bonchev–Trinajstić information content (AvgIpc) is 3.36. The third kappa shape index (κ3) is 5.24. The molecule has 6 nitrogen and oxygen atoms in total. The fraction of sp³-hybridized carbons (Fsp3) is 0.429. The van der Waals surface area contributed by atoms with Gasteiger partial charge in [0.2, 0.25) is 0 Å². The SMILES string of the molecule is COc1ccc2c(c1)c(CCN(C)C)cn2CCn1cc(CCN(C)C)c2cc(OC)ccc21. The van der Waals surface area contributed by atoms with E-state index in [1.165, 1.54) is 32.9 Å². The highest BCUT2D eigenvalue weighted by molar-refractivity contribution is 5.86. The second-order valence-corrected chi connectivity index (χ2v) is 9.57. The largest absolute Gasteiger partial charge is 0.497 e. The molecule has 0 fully saturated rings. The van der Waals surface area contributed by atoms with Crippen LogP contribution in [0.25, 0.3) is 21.8 Å². The number of ether oxygens (including phenoxy) is 2. The van der Waals surface area contributed by atoms with Crippen molar-refractivity contribution < 1.29 is 9.47 Å². The molecular formula is C28H38N4O2. The van der Waals surface area contributed by atoms with Gasteiger partial charge in [-0.2, -0.15) is 0 Å². The van der Waals surface area contributed by atoms with Crippen molar-refractivity contribution in [1.82, 2.24) is 18.9 Å². The minimum Gasteiger partial charge on any atom is -0.497 e. The molecule has 34 heavy (non-hydrogen) atoms. The Morgan fingerprint density at radius 2 is 1.06 bits per heavy atom. The maximum Gasteiger partial charge on any atom is 0.119 e. The molecule has 182 valence electrons. The van der Waals surface area contributed by atoms with E-state index in [1.807, 2.05) is 0 Å². The number of nitrogens with zero attached hydrogens (tertiary/aromatic N) is 4. The normalized spacial score (nSPS) is 11.9. The highest BCUT2D eigenvalue weighted by Gasteiger charge is 2.13. The van der Waals surface area contributed by atoms with Crippen LogP contribution in [0.1, 0.15) is 11.1 Å². The Bertz CT molecular complexity index is 1150. The van der Waals surface area contributed by atoms with E-state index in [2.05, 4.69) is 95.9 Å². The molecular weight excluding hydrogens is 424 g/mol. The van der Waals surface area contributed by atoms with Crippen molar-refractivity contribution in [2.75, 3.05) is 55.5 Å². The Kier molecular flexibility index (Phi) is 7.49. The van der Waals surface area contributed by atoms with Crippen LogP contribution in [0.15, 0.2) is 48.8 Å². The standard InChI is InChI=1S/C28H38N4O2/c1-29(2)13-11-21-19-31(27-9-7-23(33-5)17-25(21)27)15-16-32-20-22(12-14-30(3)4)26-18-24(34-6)8-10-28(26)32/h7-10,17-20H,11-16H2,1-6H3. The molecule has 0 bridgehead atoms. The van der Waals surface area contributed by atoms with Gasteiger partial charge in [0.05, 0.1) is 14.2 Å². The Morgan fingerprint density at radius 3 is 1.41 bits per heavy atom. The van der Waals surface area contributed by atoms with E-state index < -0.39 is 0 Å². The third-order valence-corrected chi connectivity index (χ3v) is 6.58. The van der Waals surface area contributed by atoms with Gasteiger partial charge in [0, 0.05) is 60.4 Å². The summed E-state index contributed by atoms with van der Waals surface area (Å²) in [4.78, 5) is 4.47. The van der Waals surface area contributed by atoms with Crippen LogP contribution in [0.4, 0.5) is 0 Å². The molecule has 0 saturated heterocycles. The Labute approximate surface area is 203 Å². The van der Waals surface area contributed by atoms with Crippen LogP contribution >= 0.6 is 0 Å². The molecule has 4 aromatic rings. The molecule has 0 atom stereocenters. The molecule has 0 aliphatic carbocycles. The molecule has 4 rings (SSSR count). The van der Waals surface area contributed by atoms with E-state index >= 15 is 0 Å². The average molecular weight is 463 g/mol. The van der Waals surface area contributed by atoms with Crippen LogP contribution < -0.4 is 9.47 Å². The van der Waals surface area contributed by atoms with Gasteiger partial charge in [-0.15, -0.1) is 0 Å². The Morgan fingerprint density at radius 1 is 0.647 bits per heavy atom. The monoisotopic (exact) mass is 462 g/mol. The van der Waals surface area contributed by atoms with Gasteiger partial charge in [-0.25, -0.2) is 0 Å². The summed E-state index contributed by atoms with van der Waals surface area (Å²) in [6, 6.07) is 12.8. The zero-order chi connectivity index (χ0) is 24.2. The van der Waals surface area contributed by atoms with Gasteiger partial charge < -0.3 is 28.4 Å². The third-order valence-electron chi connectivity index (χ3n) is 6.58. The van der Waals surface area contributed by atoms with Crippen molar-refractivity contribution in [3.05, 3.63) is 59.9 Å². The van der Waals surface area contributed by atoms with E-state index in [0.717, 1.165) is 50.5 Å². The number of benzene rings is 2. The summed E-state index contributed by atoms with van der Waals surface area (Å²) in [5.41, 5.74) is 5.27. The zero-order valence-corrected chi connectivity index (χ0v) is 21.5. The Hall–Kier alpha value is -2.96. The smallest absolute Gasteiger partial charge is 0.119 e. The van der Waals surface area contributed by atoms with Gasteiger partial charge >= 0.3 is 0 Å². The lowest BCUT2D eigenvalue weighted by molar-refractivity contribution is 0.413. The lowest BCUT2D eigenvalue weighted by Gasteiger charge is -2.09. The number of fused-ring (bicyclic) bond motifs is 2. The first-order valence-electron chi connectivity index (χ1n) is 12.0. The number of aromatic nitrogens is 2. The molecule has 2 aromatic carbocycles. The van der Waals surface area contributed by atoms with E-state index in [9.17, 15) is 0 Å². The first-order chi connectivity index (χ1) is 16.4. The fourth-order valence-corrected chi connectivity index (χ4v) is 4.63. The highest BCUT2D eigenvalue weighted by atomic mass is 16.5. The predicted molar refractivity (Wildman–Crippen MR) is 141 cm³/mol. The second-order valence-electron chi connectivity index (χ2n) is 9.57. The van der Waals surface area contributed by atoms with Crippen LogP contribution in [0.3, 0.4) is 0 Å². The molecule has 2 aromatic heterocycles. The highest BCUT2D eigenvalue weighted by Crippen LogP contribution is 2.29. The minimum absolute atomic E-state index is 0.909. The quantitative estimate of drug-likeness (QED) is 0.328. The van der Waals surface area contributed by atoms with E-state index in [1.54, 1.807) is 14.2 Å². The first kappa shape index (κ1) is 24.2. The van der Waals surface area contributed by atoms with Crippen molar-refractivity contribution in [2.24, 2.45) is 0 Å². The molecule has 0 amide bonds.